The van der Waals surface area contributed by atoms with Crippen molar-refractivity contribution >= 4 is 36.4 Å². The molecular formula is C18H31Cl2N3O3. The first-order valence-corrected chi connectivity index (χ1v) is 8.47. The molecule has 0 aliphatic carbocycles. The quantitative estimate of drug-likeness (QED) is 0.726. The number of nitrogens with two attached hydrogens (primary N) is 1. The summed E-state index contributed by atoms with van der Waals surface area (Å²) in [5, 5.41) is 3.07. The van der Waals surface area contributed by atoms with Gasteiger partial charge in [0.15, 0.2) is 0 Å². The average Bonchev–Trinajstić information content (AvgIpc) is 3.02. The summed E-state index contributed by atoms with van der Waals surface area (Å²) < 4.78 is 10.6. The van der Waals surface area contributed by atoms with Gasteiger partial charge in [-0.3, -0.25) is 4.79 Å². The highest BCUT2D eigenvalue weighted by Crippen LogP contribution is 2.30. The molecule has 6 nitrogen and oxygen atoms in total. The molecule has 26 heavy (non-hydrogen) atoms. The molecule has 1 aliphatic rings. The number of hydrogen-bond donors (Lipinski definition) is 2. The molecule has 2 rings (SSSR count). The molecule has 1 saturated heterocycles. The summed E-state index contributed by atoms with van der Waals surface area (Å²) >= 11 is 0. The summed E-state index contributed by atoms with van der Waals surface area (Å²) in [6, 6.07) is 5.50. The van der Waals surface area contributed by atoms with Gasteiger partial charge in [-0.1, -0.05) is 13.8 Å². The minimum atomic E-state index is -0.434. The molecule has 1 fully saturated rings. The van der Waals surface area contributed by atoms with Crippen LogP contribution in [0.4, 0.5) is 5.69 Å². The Balaban J connectivity index is 0.00000312. The summed E-state index contributed by atoms with van der Waals surface area (Å²) in [5.41, 5.74) is 7.00. The summed E-state index contributed by atoms with van der Waals surface area (Å²) in [7, 11) is 3.28. The Labute approximate surface area is 168 Å². The fourth-order valence-electron chi connectivity index (χ4n) is 3.01. The average molecular weight is 408 g/mol. The summed E-state index contributed by atoms with van der Waals surface area (Å²) in [6.07, 6.45) is 1.61. The first-order chi connectivity index (χ1) is 11.4. The largest absolute Gasteiger partial charge is 0.497 e. The van der Waals surface area contributed by atoms with Crippen LogP contribution in [0.1, 0.15) is 26.7 Å². The lowest BCUT2D eigenvalue weighted by Crippen LogP contribution is -2.46. The second kappa shape index (κ2) is 11.4. The van der Waals surface area contributed by atoms with Crippen LogP contribution < -0.4 is 25.4 Å². The molecule has 0 spiro atoms. The zero-order valence-electron chi connectivity index (χ0n) is 15.9. The summed E-state index contributed by atoms with van der Waals surface area (Å²) in [4.78, 5) is 14.4. The SMILES string of the molecule is COc1cc(OC)cc(N2CCC(NC(=O)[C@@H](N)CC(C)C)C2)c1.Cl.Cl. The Morgan fingerprint density at radius 3 is 2.31 bits per heavy atom. The van der Waals surface area contributed by atoms with E-state index in [0.29, 0.717) is 12.3 Å². The predicted molar refractivity (Wildman–Crippen MR) is 110 cm³/mol. The minimum absolute atomic E-state index is 0. The zero-order valence-corrected chi connectivity index (χ0v) is 17.5. The molecule has 3 N–H and O–H groups in total. The molecule has 1 aromatic carbocycles. The second-order valence-corrected chi connectivity index (χ2v) is 6.75. The third-order valence-corrected chi connectivity index (χ3v) is 4.30. The molecule has 1 amide bonds. The zero-order chi connectivity index (χ0) is 17.7. The van der Waals surface area contributed by atoms with Crippen molar-refractivity contribution in [3.05, 3.63) is 18.2 Å². The molecule has 1 heterocycles. The van der Waals surface area contributed by atoms with Gasteiger partial charge in [-0.25, -0.2) is 0 Å². The number of methoxy groups -OCH3 is 2. The number of carbonyl (C=O) groups excluding carboxylic acids is 1. The van der Waals surface area contributed by atoms with E-state index in [9.17, 15) is 4.79 Å². The molecule has 0 aromatic heterocycles. The molecule has 0 bridgehead atoms. The molecule has 1 aliphatic heterocycles. The molecule has 0 radical (unpaired) electrons. The summed E-state index contributed by atoms with van der Waals surface area (Å²) in [5.74, 6) is 1.88. The Morgan fingerprint density at radius 1 is 1.23 bits per heavy atom. The van der Waals surface area contributed by atoms with Gasteiger partial charge in [0.05, 0.1) is 20.3 Å². The lowest BCUT2D eigenvalue weighted by molar-refractivity contribution is -0.123. The van der Waals surface area contributed by atoms with Crippen molar-refractivity contribution < 1.29 is 14.3 Å². The van der Waals surface area contributed by atoms with Crippen molar-refractivity contribution in [1.29, 1.82) is 0 Å². The van der Waals surface area contributed by atoms with Gasteiger partial charge in [0.25, 0.3) is 0 Å². The van der Waals surface area contributed by atoms with Gasteiger partial charge in [-0.2, -0.15) is 0 Å². The van der Waals surface area contributed by atoms with Crippen LogP contribution in [0.2, 0.25) is 0 Å². The highest BCUT2D eigenvalue weighted by Gasteiger charge is 2.26. The third kappa shape index (κ3) is 6.74. The van der Waals surface area contributed by atoms with E-state index in [1.54, 1.807) is 14.2 Å². The lowest BCUT2D eigenvalue weighted by Gasteiger charge is -2.21. The highest BCUT2D eigenvalue weighted by molar-refractivity contribution is 5.85. The third-order valence-electron chi connectivity index (χ3n) is 4.30. The second-order valence-electron chi connectivity index (χ2n) is 6.75. The Morgan fingerprint density at radius 2 is 1.81 bits per heavy atom. The summed E-state index contributed by atoms with van der Waals surface area (Å²) in [6.45, 7) is 5.78. The van der Waals surface area contributed by atoms with Crippen LogP contribution in [0.25, 0.3) is 0 Å². The van der Waals surface area contributed by atoms with E-state index >= 15 is 0 Å². The number of hydrogen-bond acceptors (Lipinski definition) is 5. The van der Waals surface area contributed by atoms with Crippen LogP contribution >= 0.6 is 24.8 Å². The van der Waals surface area contributed by atoms with E-state index in [4.69, 9.17) is 15.2 Å². The first kappa shape index (κ1) is 24.6. The topological polar surface area (TPSA) is 76.8 Å². The van der Waals surface area contributed by atoms with E-state index in [-0.39, 0.29) is 36.8 Å². The first-order valence-electron chi connectivity index (χ1n) is 8.47. The Hall–Kier alpha value is -1.37. The number of anilines is 1. The number of rotatable bonds is 7. The van der Waals surface area contributed by atoms with Crippen LogP contribution in [-0.4, -0.2) is 45.3 Å². The van der Waals surface area contributed by atoms with Crippen LogP contribution in [-0.2, 0) is 4.79 Å². The lowest BCUT2D eigenvalue weighted by atomic mass is 10.0. The van der Waals surface area contributed by atoms with Crippen molar-refractivity contribution in [3.63, 3.8) is 0 Å². The molecule has 1 unspecified atom stereocenters. The normalized spacial score (nSPS) is 17.2. The number of amides is 1. The standard InChI is InChI=1S/C18H29N3O3.2ClH/c1-12(2)7-17(19)18(22)20-13-5-6-21(11-13)14-8-15(23-3)10-16(9-14)24-4;;/h8-10,12-13,17H,5-7,11,19H2,1-4H3,(H,20,22);2*1H/t13?,17-;;/m0../s1. The van der Waals surface area contributed by atoms with Gasteiger partial charge < -0.3 is 25.4 Å². The van der Waals surface area contributed by atoms with Gasteiger partial charge in [0.2, 0.25) is 5.91 Å². The fourth-order valence-corrected chi connectivity index (χ4v) is 3.01. The van der Waals surface area contributed by atoms with Crippen molar-refractivity contribution in [3.8, 4) is 11.5 Å². The molecule has 8 heteroatoms. The number of nitrogens with one attached hydrogen (secondary N) is 1. The highest BCUT2D eigenvalue weighted by atomic mass is 35.5. The van der Waals surface area contributed by atoms with E-state index < -0.39 is 6.04 Å². The van der Waals surface area contributed by atoms with Crippen molar-refractivity contribution in [2.75, 3.05) is 32.2 Å². The number of carbonyl (C=O) groups is 1. The van der Waals surface area contributed by atoms with Crippen LogP contribution in [0.5, 0.6) is 11.5 Å². The Bertz CT molecular complexity index is 550. The molecule has 2 atom stereocenters. The van der Waals surface area contributed by atoms with Crippen molar-refractivity contribution in [2.45, 2.75) is 38.8 Å². The maximum Gasteiger partial charge on any atom is 0.237 e. The maximum atomic E-state index is 12.2. The number of nitrogens with zero attached hydrogens (tertiary/aromatic N) is 1. The van der Waals surface area contributed by atoms with Gasteiger partial charge >= 0.3 is 0 Å². The Kier molecular flexibility index (Phi) is 10.8. The number of halogens is 2. The molecular weight excluding hydrogens is 377 g/mol. The van der Waals surface area contributed by atoms with Crippen LogP contribution in [0.15, 0.2) is 18.2 Å². The van der Waals surface area contributed by atoms with Crippen LogP contribution in [0.3, 0.4) is 0 Å². The number of benzene rings is 1. The van der Waals surface area contributed by atoms with Crippen LogP contribution in [0, 0.1) is 5.92 Å². The molecule has 1 aromatic rings. The maximum absolute atomic E-state index is 12.2. The number of ether oxygens (including phenoxy) is 2. The monoisotopic (exact) mass is 407 g/mol. The van der Waals surface area contributed by atoms with Gasteiger partial charge in [-0.15, -0.1) is 24.8 Å². The van der Waals surface area contributed by atoms with E-state index in [1.807, 2.05) is 18.2 Å². The van der Waals surface area contributed by atoms with E-state index in [1.165, 1.54) is 0 Å². The smallest absolute Gasteiger partial charge is 0.237 e. The predicted octanol–water partition coefficient (Wildman–Crippen LogP) is 2.62. The van der Waals surface area contributed by atoms with Gasteiger partial charge in [0.1, 0.15) is 11.5 Å². The minimum Gasteiger partial charge on any atom is -0.497 e. The van der Waals surface area contributed by atoms with Gasteiger partial charge in [0, 0.05) is 43.0 Å². The van der Waals surface area contributed by atoms with Gasteiger partial charge in [-0.05, 0) is 18.8 Å². The van der Waals surface area contributed by atoms with E-state index in [2.05, 4.69) is 24.1 Å². The fraction of sp³-hybridized carbons (Fsp3) is 0.611. The molecule has 0 saturated carbocycles. The van der Waals surface area contributed by atoms with E-state index in [0.717, 1.165) is 36.7 Å². The molecule has 150 valence electrons. The van der Waals surface area contributed by atoms with Crippen molar-refractivity contribution in [2.24, 2.45) is 11.7 Å². The van der Waals surface area contributed by atoms with Crippen molar-refractivity contribution in [1.82, 2.24) is 5.32 Å².